The van der Waals surface area contributed by atoms with E-state index in [1.54, 1.807) is 24.3 Å². The van der Waals surface area contributed by atoms with Gasteiger partial charge in [0, 0.05) is 68.6 Å². The van der Waals surface area contributed by atoms with Crippen LogP contribution in [0.5, 0.6) is 0 Å². The zero-order valence-corrected chi connectivity index (χ0v) is 23.7. The molecule has 3 fully saturated rings. The second-order valence-corrected chi connectivity index (χ2v) is 13.5. The Balaban J connectivity index is 1.11. The quantitative estimate of drug-likeness (QED) is 0.500. The summed E-state index contributed by atoms with van der Waals surface area (Å²) >= 11 is 7.15. The van der Waals surface area contributed by atoms with Crippen LogP contribution in [0, 0.1) is 0 Å². The van der Waals surface area contributed by atoms with Crippen molar-refractivity contribution in [2.45, 2.75) is 23.1 Å². The lowest BCUT2D eigenvalue weighted by Gasteiger charge is -2.38. The number of benzene rings is 1. The second-order valence-electron chi connectivity index (χ2n) is 10.00. The Hall–Kier alpha value is -1.80. The molecule has 0 unspecified atom stereocenters. The molecule has 2 aromatic rings. The maximum Gasteiger partial charge on any atom is 0.250 e. The molecule has 0 aliphatic carbocycles. The van der Waals surface area contributed by atoms with E-state index in [0.717, 1.165) is 73.9 Å². The number of piperazine rings is 1. The number of thiophene rings is 1. The molecule has 1 aromatic carbocycles. The second kappa shape index (κ2) is 12.2. The van der Waals surface area contributed by atoms with E-state index >= 15 is 0 Å². The molecule has 3 aliphatic rings. The van der Waals surface area contributed by atoms with Gasteiger partial charge in [-0.25, -0.2) is 8.42 Å². The number of sulfonamides is 1. The van der Waals surface area contributed by atoms with E-state index in [-0.39, 0.29) is 22.6 Å². The summed E-state index contributed by atoms with van der Waals surface area (Å²) in [6, 6.07) is 5.92. The summed E-state index contributed by atoms with van der Waals surface area (Å²) < 4.78 is 35.0. The molecule has 38 heavy (non-hydrogen) atoms. The lowest BCUT2D eigenvalue weighted by Crippen LogP contribution is -2.56. The van der Waals surface area contributed by atoms with Gasteiger partial charge in [-0.2, -0.15) is 4.72 Å². The first-order valence-electron chi connectivity index (χ1n) is 13.1. The van der Waals surface area contributed by atoms with Gasteiger partial charge in [-0.15, -0.1) is 11.3 Å². The van der Waals surface area contributed by atoms with Gasteiger partial charge >= 0.3 is 0 Å². The monoisotopic (exact) mass is 583 g/mol. The molecular weight excluding hydrogens is 550 g/mol. The van der Waals surface area contributed by atoms with Gasteiger partial charge in [-0.3, -0.25) is 19.4 Å². The number of likely N-dealkylation sites (tertiary alicyclic amines) is 1. The maximum absolute atomic E-state index is 13.1. The number of hydrogen-bond acceptors (Lipinski definition) is 8. The Morgan fingerprint density at radius 3 is 2.47 bits per heavy atom. The first-order chi connectivity index (χ1) is 18.3. The van der Waals surface area contributed by atoms with Crippen molar-refractivity contribution in [1.29, 1.82) is 0 Å². The van der Waals surface area contributed by atoms with Gasteiger partial charge in [-0.1, -0.05) is 17.7 Å². The Bertz CT molecular complexity index is 1260. The fourth-order valence-electron chi connectivity index (χ4n) is 5.16. The van der Waals surface area contributed by atoms with E-state index in [9.17, 15) is 18.0 Å². The highest BCUT2D eigenvalue weighted by molar-refractivity contribution is 7.91. The van der Waals surface area contributed by atoms with Gasteiger partial charge in [0.2, 0.25) is 11.8 Å². The number of rotatable bonds is 8. The SMILES string of the molecule is O=C(CN1CCC[C@H](NS(=O)(=O)c2cc3ccc(Cl)cc3s2)C1=O)N1CCN(CCN2CCOCC2)CC1. The maximum atomic E-state index is 13.1. The predicted octanol–water partition coefficient (Wildman–Crippen LogP) is 1.30. The number of morpholine rings is 1. The number of amides is 2. The number of fused-ring (bicyclic) bond motifs is 1. The summed E-state index contributed by atoms with van der Waals surface area (Å²) in [4.78, 5) is 34.2. The highest BCUT2D eigenvalue weighted by atomic mass is 35.5. The van der Waals surface area contributed by atoms with E-state index in [1.807, 2.05) is 4.90 Å². The number of carbonyl (C=O) groups excluding carboxylic acids is 2. The summed E-state index contributed by atoms with van der Waals surface area (Å²) in [6.07, 6.45) is 1.03. The summed E-state index contributed by atoms with van der Waals surface area (Å²) in [7, 11) is -3.89. The summed E-state index contributed by atoms with van der Waals surface area (Å²) in [5, 5.41) is 1.32. The van der Waals surface area contributed by atoms with Crippen molar-refractivity contribution >= 4 is 54.9 Å². The molecule has 10 nitrogen and oxygen atoms in total. The predicted molar refractivity (Wildman–Crippen MR) is 147 cm³/mol. The fourth-order valence-corrected chi connectivity index (χ4v) is 8.07. The van der Waals surface area contributed by atoms with Crippen LogP contribution in [-0.2, 0) is 24.3 Å². The third kappa shape index (κ3) is 6.67. The lowest BCUT2D eigenvalue weighted by atomic mass is 10.1. The van der Waals surface area contributed by atoms with E-state index < -0.39 is 16.1 Å². The van der Waals surface area contributed by atoms with E-state index in [0.29, 0.717) is 37.5 Å². The zero-order chi connectivity index (χ0) is 26.7. The molecule has 3 saturated heterocycles. The first kappa shape index (κ1) is 27.8. The molecule has 4 heterocycles. The van der Waals surface area contributed by atoms with Gasteiger partial charge in [0.05, 0.1) is 19.8 Å². The Morgan fingerprint density at radius 2 is 1.74 bits per heavy atom. The van der Waals surface area contributed by atoms with Crippen LogP contribution in [0.15, 0.2) is 28.5 Å². The molecule has 0 radical (unpaired) electrons. The summed E-state index contributed by atoms with van der Waals surface area (Å²) in [5.41, 5.74) is 0. The number of piperidine rings is 1. The zero-order valence-electron chi connectivity index (χ0n) is 21.3. The molecule has 1 aromatic heterocycles. The van der Waals surface area contributed by atoms with E-state index in [4.69, 9.17) is 16.3 Å². The van der Waals surface area contributed by atoms with Crippen molar-refractivity contribution in [2.75, 3.05) is 78.7 Å². The number of nitrogens with one attached hydrogen (secondary N) is 1. The van der Waals surface area contributed by atoms with E-state index in [1.165, 1.54) is 4.90 Å². The lowest BCUT2D eigenvalue weighted by molar-refractivity contribution is -0.144. The number of halogens is 1. The van der Waals surface area contributed by atoms with Crippen molar-refractivity contribution < 1.29 is 22.7 Å². The topological polar surface area (TPSA) is 102 Å². The highest BCUT2D eigenvalue weighted by Gasteiger charge is 2.35. The van der Waals surface area contributed by atoms with Crippen LogP contribution in [0.4, 0.5) is 0 Å². The van der Waals surface area contributed by atoms with Gasteiger partial charge in [0.1, 0.15) is 10.3 Å². The molecule has 0 spiro atoms. The molecule has 5 rings (SSSR count). The molecule has 2 amide bonds. The first-order valence-corrected chi connectivity index (χ1v) is 15.8. The van der Waals surface area contributed by atoms with Crippen molar-refractivity contribution in [3.05, 3.63) is 29.3 Å². The average molecular weight is 584 g/mol. The molecule has 208 valence electrons. The Morgan fingerprint density at radius 1 is 1.03 bits per heavy atom. The van der Waals surface area contributed by atoms with Crippen LogP contribution in [0.25, 0.3) is 10.1 Å². The summed E-state index contributed by atoms with van der Waals surface area (Å²) in [6.45, 7) is 8.83. The number of ether oxygens (including phenoxy) is 1. The van der Waals surface area contributed by atoms with Crippen LogP contribution >= 0.6 is 22.9 Å². The molecule has 1 atom stereocenters. The highest BCUT2D eigenvalue weighted by Crippen LogP contribution is 2.31. The van der Waals surface area contributed by atoms with Crippen molar-refractivity contribution in [2.24, 2.45) is 0 Å². The minimum atomic E-state index is -3.89. The molecule has 0 bridgehead atoms. The Kier molecular flexibility index (Phi) is 8.88. The molecular formula is C25H34ClN5O5S2. The average Bonchev–Trinajstić information content (AvgIpc) is 3.35. The minimum Gasteiger partial charge on any atom is -0.379 e. The van der Waals surface area contributed by atoms with E-state index in [2.05, 4.69) is 14.5 Å². The standard InChI is InChI=1S/C25H34ClN5O5S2/c26-20-4-3-19-16-24(37-22(19)17-20)38(34,35)27-21-2-1-5-31(25(21)33)18-23(32)30-10-8-28(9-11-30)6-7-29-12-14-36-15-13-29/h3-4,16-17,21,27H,1-2,5-15,18H2/t21-/m0/s1. The molecule has 0 saturated carbocycles. The van der Waals surface area contributed by atoms with Crippen molar-refractivity contribution in [1.82, 2.24) is 24.3 Å². The molecule has 3 aliphatic heterocycles. The minimum absolute atomic E-state index is 0.0216. The smallest absolute Gasteiger partial charge is 0.250 e. The van der Waals surface area contributed by atoms with Gasteiger partial charge in [0.25, 0.3) is 10.0 Å². The number of hydrogen-bond donors (Lipinski definition) is 1. The van der Waals surface area contributed by atoms with Gasteiger partial charge in [0.15, 0.2) is 0 Å². The van der Waals surface area contributed by atoms with Gasteiger partial charge in [-0.05, 0) is 36.4 Å². The van der Waals surface area contributed by atoms with Crippen LogP contribution in [-0.4, -0.2) is 125 Å². The van der Waals surface area contributed by atoms with Crippen molar-refractivity contribution in [3.8, 4) is 0 Å². The molecule has 13 heteroatoms. The number of nitrogens with zero attached hydrogens (tertiary/aromatic N) is 4. The largest absolute Gasteiger partial charge is 0.379 e. The molecule has 1 N–H and O–H groups in total. The Labute approximate surface area is 232 Å². The number of carbonyl (C=O) groups is 2. The van der Waals surface area contributed by atoms with Crippen LogP contribution in [0.1, 0.15) is 12.8 Å². The van der Waals surface area contributed by atoms with Crippen LogP contribution in [0.2, 0.25) is 5.02 Å². The van der Waals surface area contributed by atoms with Gasteiger partial charge < -0.3 is 14.5 Å². The summed E-state index contributed by atoms with van der Waals surface area (Å²) in [5.74, 6) is -0.433. The fraction of sp³-hybridized carbons (Fsp3) is 0.600. The third-order valence-electron chi connectivity index (χ3n) is 7.44. The van der Waals surface area contributed by atoms with Crippen LogP contribution in [0.3, 0.4) is 0 Å². The normalized spacial score (nSPS) is 22.3. The van der Waals surface area contributed by atoms with Crippen LogP contribution < -0.4 is 4.72 Å². The third-order valence-corrected chi connectivity index (χ3v) is 10.7. The van der Waals surface area contributed by atoms with Crippen molar-refractivity contribution in [3.63, 3.8) is 0 Å².